The minimum absolute atomic E-state index is 0.0128. The third kappa shape index (κ3) is 4.31. The van der Waals surface area contributed by atoms with Gasteiger partial charge < -0.3 is 10.2 Å². The fraction of sp³-hybridized carbons (Fsp3) is 0.500. The number of pyridine rings is 1. The molecule has 1 aromatic heterocycles. The number of piperazine rings is 1. The summed E-state index contributed by atoms with van der Waals surface area (Å²) >= 11 is 0. The first kappa shape index (κ1) is 14.5. The number of nitrogens with one attached hydrogen (secondary N) is 1. The van der Waals surface area contributed by atoms with E-state index in [-0.39, 0.29) is 18.4 Å². The Morgan fingerprint density at radius 2 is 2.05 bits per heavy atom. The summed E-state index contributed by atoms with van der Waals surface area (Å²) in [4.78, 5) is 30.8. The number of amides is 2. The van der Waals surface area contributed by atoms with Crippen molar-refractivity contribution >= 4 is 11.8 Å². The van der Waals surface area contributed by atoms with E-state index in [0.717, 1.165) is 19.6 Å². The summed E-state index contributed by atoms with van der Waals surface area (Å²) in [7, 11) is 0. The van der Waals surface area contributed by atoms with Gasteiger partial charge in [0.05, 0.1) is 6.54 Å². The zero-order valence-electron chi connectivity index (χ0n) is 11.7. The number of carbonyl (C=O) groups excluding carboxylic acids is 2. The van der Waals surface area contributed by atoms with Crippen molar-refractivity contribution in [2.45, 2.75) is 13.5 Å². The van der Waals surface area contributed by atoms with Gasteiger partial charge in [0.1, 0.15) is 0 Å². The highest BCUT2D eigenvalue weighted by atomic mass is 16.2. The summed E-state index contributed by atoms with van der Waals surface area (Å²) in [6, 6.07) is 3.99. The molecule has 1 saturated heterocycles. The molecule has 0 bridgehead atoms. The quantitative estimate of drug-likeness (QED) is 0.831. The highest BCUT2D eigenvalue weighted by molar-refractivity contribution is 5.83. The fourth-order valence-corrected chi connectivity index (χ4v) is 2.22. The van der Waals surface area contributed by atoms with E-state index in [9.17, 15) is 9.59 Å². The molecule has 0 atom stereocenters. The van der Waals surface area contributed by atoms with Crippen molar-refractivity contribution < 1.29 is 9.59 Å². The predicted octanol–water partition coefficient (Wildman–Crippen LogP) is -0.138. The standard InChI is InChI=1S/C14H20N4O2/c1-12(19)16-10-14(20)18-7-5-17(6-8-18)11-13-3-2-4-15-9-13/h2-4,9H,5-8,10-11H2,1H3,(H,16,19). The third-order valence-corrected chi connectivity index (χ3v) is 3.34. The Morgan fingerprint density at radius 3 is 2.65 bits per heavy atom. The molecule has 6 heteroatoms. The molecule has 1 aliphatic heterocycles. The van der Waals surface area contributed by atoms with Crippen LogP contribution in [0.5, 0.6) is 0 Å². The third-order valence-electron chi connectivity index (χ3n) is 3.34. The van der Waals surface area contributed by atoms with Crippen molar-refractivity contribution in [3.63, 3.8) is 0 Å². The lowest BCUT2D eigenvalue weighted by Gasteiger charge is -2.34. The molecular formula is C14H20N4O2. The van der Waals surface area contributed by atoms with Gasteiger partial charge in [-0.15, -0.1) is 0 Å². The molecule has 1 aliphatic rings. The molecule has 0 aromatic carbocycles. The fourth-order valence-electron chi connectivity index (χ4n) is 2.22. The van der Waals surface area contributed by atoms with Crippen LogP contribution in [0, 0.1) is 0 Å². The highest BCUT2D eigenvalue weighted by Crippen LogP contribution is 2.07. The number of carbonyl (C=O) groups is 2. The minimum atomic E-state index is -0.173. The van der Waals surface area contributed by atoms with Gasteiger partial charge in [-0.05, 0) is 11.6 Å². The second kappa shape index (κ2) is 7.00. The lowest BCUT2D eigenvalue weighted by Crippen LogP contribution is -2.50. The van der Waals surface area contributed by atoms with Crippen molar-refractivity contribution in [1.29, 1.82) is 0 Å². The predicted molar refractivity (Wildman–Crippen MR) is 74.8 cm³/mol. The summed E-state index contributed by atoms with van der Waals surface area (Å²) in [6.45, 7) is 5.48. The summed E-state index contributed by atoms with van der Waals surface area (Å²) in [5, 5.41) is 2.54. The van der Waals surface area contributed by atoms with Gasteiger partial charge in [0.2, 0.25) is 11.8 Å². The SMILES string of the molecule is CC(=O)NCC(=O)N1CCN(Cc2cccnc2)CC1. The van der Waals surface area contributed by atoms with Crippen LogP contribution >= 0.6 is 0 Å². The number of hydrogen-bond donors (Lipinski definition) is 1. The van der Waals surface area contributed by atoms with E-state index in [4.69, 9.17) is 0 Å². The van der Waals surface area contributed by atoms with Gasteiger partial charge in [0.25, 0.3) is 0 Å². The summed E-state index contributed by atoms with van der Waals surface area (Å²) in [6.07, 6.45) is 3.64. The molecule has 0 saturated carbocycles. The van der Waals surface area contributed by atoms with Crippen LogP contribution in [-0.4, -0.2) is 59.3 Å². The zero-order chi connectivity index (χ0) is 14.4. The van der Waals surface area contributed by atoms with Crippen LogP contribution in [-0.2, 0) is 16.1 Å². The maximum atomic E-state index is 11.9. The van der Waals surface area contributed by atoms with Crippen molar-refractivity contribution in [2.75, 3.05) is 32.7 Å². The van der Waals surface area contributed by atoms with Crippen LogP contribution < -0.4 is 5.32 Å². The first-order valence-corrected chi connectivity index (χ1v) is 6.78. The molecule has 1 fully saturated rings. The van der Waals surface area contributed by atoms with Crippen molar-refractivity contribution in [3.05, 3.63) is 30.1 Å². The molecule has 1 N–H and O–H groups in total. The van der Waals surface area contributed by atoms with E-state index in [1.165, 1.54) is 12.5 Å². The number of hydrogen-bond acceptors (Lipinski definition) is 4. The summed E-state index contributed by atoms with van der Waals surface area (Å²) < 4.78 is 0. The molecule has 6 nitrogen and oxygen atoms in total. The van der Waals surface area contributed by atoms with E-state index < -0.39 is 0 Å². The molecule has 20 heavy (non-hydrogen) atoms. The van der Waals surface area contributed by atoms with Crippen molar-refractivity contribution in [1.82, 2.24) is 20.1 Å². The van der Waals surface area contributed by atoms with Crippen molar-refractivity contribution in [2.24, 2.45) is 0 Å². The maximum absolute atomic E-state index is 11.9. The average Bonchev–Trinajstić information content (AvgIpc) is 2.46. The molecule has 1 aromatic rings. The van der Waals surface area contributed by atoms with E-state index in [1.807, 2.05) is 12.3 Å². The van der Waals surface area contributed by atoms with Gasteiger partial charge in [-0.1, -0.05) is 6.07 Å². The Kier molecular flexibility index (Phi) is 5.06. The highest BCUT2D eigenvalue weighted by Gasteiger charge is 2.20. The Hall–Kier alpha value is -1.95. The topological polar surface area (TPSA) is 65.5 Å². The largest absolute Gasteiger partial charge is 0.347 e. The van der Waals surface area contributed by atoms with Crippen LogP contribution in [0.15, 0.2) is 24.5 Å². The van der Waals surface area contributed by atoms with Crippen LogP contribution in [0.25, 0.3) is 0 Å². The molecular weight excluding hydrogens is 256 g/mol. The van der Waals surface area contributed by atoms with Crippen LogP contribution in [0.2, 0.25) is 0 Å². The normalized spacial score (nSPS) is 15.9. The van der Waals surface area contributed by atoms with Crippen LogP contribution in [0.1, 0.15) is 12.5 Å². The number of nitrogens with zero attached hydrogens (tertiary/aromatic N) is 3. The van der Waals surface area contributed by atoms with E-state index in [0.29, 0.717) is 13.1 Å². The minimum Gasteiger partial charge on any atom is -0.347 e. The molecule has 0 unspecified atom stereocenters. The first-order valence-electron chi connectivity index (χ1n) is 6.78. The molecule has 0 aliphatic carbocycles. The first-order chi connectivity index (χ1) is 9.65. The Bertz CT molecular complexity index is 456. The van der Waals surface area contributed by atoms with Crippen molar-refractivity contribution in [3.8, 4) is 0 Å². The number of rotatable bonds is 4. The van der Waals surface area contributed by atoms with Gasteiger partial charge in [0.15, 0.2) is 0 Å². The zero-order valence-corrected chi connectivity index (χ0v) is 11.7. The lowest BCUT2D eigenvalue weighted by atomic mass is 10.2. The lowest BCUT2D eigenvalue weighted by molar-refractivity contribution is -0.134. The summed E-state index contributed by atoms with van der Waals surface area (Å²) in [5.74, 6) is -0.185. The maximum Gasteiger partial charge on any atom is 0.242 e. The second-order valence-electron chi connectivity index (χ2n) is 4.93. The van der Waals surface area contributed by atoms with Gasteiger partial charge in [-0.3, -0.25) is 19.5 Å². The van der Waals surface area contributed by atoms with Crippen LogP contribution in [0.4, 0.5) is 0 Å². The molecule has 2 heterocycles. The molecule has 2 amide bonds. The second-order valence-corrected chi connectivity index (χ2v) is 4.93. The van der Waals surface area contributed by atoms with Gasteiger partial charge >= 0.3 is 0 Å². The Morgan fingerprint density at radius 1 is 1.30 bits per heavy atom. The van der Waals surface area contributed by atoms with E-state index in [2.05, 4.69) is 21.3 Å². The average molecular weight is 276 g/mol. The number of aromatic nitrogens is 1. The van der Waals surface area contributed by atoms with E-state index in [1.54, 1.807) is 11.1 Å². The molecule has 0 radical (unpaired) electrons. The van der Waals surface area contributed by atoms with Gasteiger partial charge in [-0.2, -0.15) is 0 Å². The molecule has 2 rings (SSSR count). The van der Waals surface area contributed by atoms with Crippen LogP contribution in [0.3, 0.4) is 0 Å². The monoisotopic (exact) mass is 276 g/mol. The smallest absolute Gasteiger partial charge is 0.242 e. The summed E-state index contributed by atoms with van der Waals surface area (Å²) in [5.41, 5.74) is 1.19. The van der Waals surface area contributed by atoms with E-state index >= 15 is 0 Å². The van der Waals surface area contributed by atoms with Gasteiger partial charge in [-0.25, -0.2) is 0 Å². The van der Waals surface area contributed by atoms with Gasteiger partial charge in [0, 0.05) is 52.0 Å². The Balaban J connectivity index is 1.75. The Labute approximate surface area is 118 Å². The molecule has 0 spiro atoms. The molecule has 108 valence electrons.